The number of hydrogen-bond donors (Lipinski definition) is 3. The number of amides is 2. The second-order valence-corrected chi connectivity index (χ2v) is 5.86. The first-order chi connectivity index (χ1) is 13.3. The van der Waals surface area contributed by atoms with Gasteiger partial charge in [0.15, 0.2) is 0 Å². The SMILES string of the molecule is CC(=O)Nc1cccc(N/C=C(/C#N)C(=O)Nc2cc([N+](=O)[O-])ccc2Cl)c1. The molecule has 28 heavy (non-hydrogen) atoms. The third kappa shape index (κ3) is 5.55. The second kappa shape index (κ2) is 9.16. The number of rotatable bonds is 6. The van der Waals surface area contributed by atoms with Crippen LogP contribution < -0.4 is 16.0 Å². The lowest BCUT2D eigenvalue weighted by molar-refractivity contribution is -0.384. The van der Waals surface area contributed by atoms with Gasteiger partial charge < -0.3 is 16.0 Å². The third-order valence-electron chi connectivity index (χ3n) is 3.34. The van der Waals surface area contributed by atoms with Crippen molar-refractivity contribution in [2.45, 2.75) is 6.92 Å². The number of carbonyl (C=O) groups excluding carboxylic acids is 2. The van der Waals surface area contributed by atoms with Gasteiger partial charge in [0.2, 0.25) is 5.91 Å². The zero-order chi connectivity index (χ0) is 20.7. The summed E-state index contributed by atoms with van der Waals surface area (Å²) in [5.74, 6) is -1.03. The normalized spacial score (nSPS) is 10.5. The average molecular weight is 400 g/mol. The minimum absolute atomic E-state index is 0.00896. The van der Waals surface area contributed by atoms with E-state index in [2.05, 4.69) is 16.0 Å². The van der Waals surface area contributed by atoms with Crippen molar-refractivity contribution < 1.29 is 14.5 Å². The van der Waals surface area contributed by atoms with Crippen LogP contribution in [0.3, 0.4) is 0 Å². The molecule has 0 radical (unpaired) electrons. The number of hydrogen-bond acceptors (Lipinski definition) is 6. The minimum atomic E-state index is -0.796. The Hall–Kier alpha value is -3.90. The van der Waals surface area contributed by atoms with Crippen LogP contribution in [0, 0.1) is 21.4 Å². The maximum Gasteiger partial charge on any atom is 0.271 e. The summed E-state index contributed by atoms with van der Waals surface area (Å²) in [4.78, 5) is 33.6. The zero-order valence-electron chi connectivity index (χ0n) is 14.5. The third-order valence-corrected chi connectivity index (χ3v) is 3.67. The number of nitro benzene ring substituents is 1. The highest BCUT2D eigenvalue weighted by molar-refractivity contribution is 6.34. The average Bonchev–Trinajstić information content (AvgIpc) is 2.63. The number of nitro groups is 1. The van der Waals surface area contributed by atoms with Gasteiger partial charge in [0, 0.05) is 36.6 Å². The lowest BCUT2D eigenvalue weighted by Gasteiger charge is -2.08. The molecular weight excluding hydrogens is 386 g/mol. The summed E-state index contributed by atoms with van der Waals surface area (Å²) in [6, 6.07) is 11.9. The zero-order valence-corrected chi connectivity index (χ0v) is 15.3. The van der Waals surface area contributed by atoms with Crippen molar-refractivity contribution in [2.24, 2.45) is 0 Å². The second-order valence-electron chi connectivity index (χ2n) is 5.45. The molecule has 0 heterocycles. The molecule has 2 amide bonds. The lowest BCUT2D eigenvalue weighted by Crippen LogP contribution is -2.15. The molecule has 0 unspecified atom stereocenters. The highest BCUT2D eigenvalue weighted by Crippen LogP contribution is 2.27. The number of nitrogens with zero attached hydrogens (tertiary/aromatic N) is 2. The van der Waals surface area contributed by atoms with Crippen LogP contribution in [0.5, 0.6) is 0 Å². The van der Waals surface area contributed by atoms with E-state index in [9.17, 15) is 25.0 Å². The number of non-ortho nitro benzene ring substituents is 1. The first-order valence-corrected chi connectivity index (χ1v) is 8.17. The predicted octanol–water partition coefficient (Wildman–Crippen LogP) is 3.66. The van der Waals surface area contributed by atoms with Crippen molar-refractivity contribution in [3.8, 4) is 6.07 Å². The topological polar surface area (TPSA) is 137 Å². The molecular formula is C18H14ClN5O4. The Kier molecular flexibility index (Phi) is 6.68. The first kappa shape index (κ1) is 20.4. The van der Waals surface area contributed by atoms with Crippen LogP contribution in [0.4, 0.5) is 22.7 Å². The largest absolute Gasteiger partial charge is 0.360 e. The summed E-state index contributed by atoms with van der Waals surface area (Å²) in [7, 11) is 0. The van der Waals surface area contributed by atoms with Crippen molar-refractivity contribution >= 4 is 46.2 Å². The molecule has 0 saturated heterocycles. The monoisotopic (exact) mass is 399 g/mol. The van der Waals surface area contributed by atoms with Gasteiger partial charge >= 0.3 is 0 Å². The van der Waals surface area contributed by atoms with Crippen molar-refractivity contribution in [1.29, 1.82) is 5.26 Å². The van der Waals surface area contributed by atoms with E-state index in [0.717, 1.165) is 6.07 Å². The summed E-state index contributed by atoms with van der Waals surface area (Å²) in [5.41, 5.74) is 0.537. The van der Waals surface area contributed by atoms with Crippen molar-refractivity contribution in [3.63, 3.8) is 0 Å². The van der Waals surface area contributed by atoms with E-state index in [1.165, 1.54) is 25.3 Å². The van der Waals surface area contributed by atoms with Crippen molar-refractivity contribution in [2.75, 3.05) is 16.0 Å². The quantitative estimate of drug-likeness (QED) is 0.293. The molecule has 0 aliphatic rings. The number of nitrogens with one attached hydrogen (secondary N) is 3. The van der Waals surface area contributed by atoms with Gasteiger partial charge in [-0.3, -0.25) is 19.7 Å². The van der Waals surface area contributed by atoms with E-state index in [1.54, 1.807) is 30.3 Å². The van der Waals surface area contributed by atoms with Gasteiger partial charge in [0.25, 0.3) is 11.6 Å². The first-order valence-electron chi connectivity index (χ1n) is 7.80. The Morgan fingerprint density at radius 1 is 1.18 bits per heavy atom. The van der Waals surface area contributed by atoms with E-state index < -0.39 is 10.8 Å². The Morgan fingerprint density at radius 3 is 2.54 bits per heavy atom. The van der Waals surface area contributed by atoms with Gasteiger partial charge in [0.05, 0.1) is 15.6 Å². The molecule has 2 aromatic rings. The molecule has 0 fully saturated rings. The molecule has 0 spiro atoms. The van der Waals surface area contributed by atoms with E-state index in [4.69, 9.17) is 11.6 Å². The van der Waals surface area contributed by atoms with Gasteiger partial charge in [-0.05, 0) is 24.3 Å². The van der Waals surface area contributed by atoms with E-state index in [-0.39, 0.29) is 27.9 Å². The summed E-state index contributed by atoms with van der Waals surface area (Å²) in [6.07, 6.45) is 1.17. The molecule has 2 aromatic carbocycles. The smallest absolute Gasteiger partial charge is 0.271 e. The maximum absolute atomic E-state index is 12.3. The molecule has 0 aromatic heterocycles. The van der Waals surface area contributed by atoms with E-state index >= 15 is 0 Å². The number of nitriles is 1. The van der Waals surface area contributed by atoms with Crippen LogP contribution in [-0.2, 0) is 9.59 Å². The van der Waals surface area contributed by atoms with Gasteiger partial charge in [-0.15, -0.1) is 0 Å². The predicted molar refractivity (Wildman–Crippen MR) is 105 cm³/mol. The summed E-state index contributed by atoms with van der Waals surface area (Å²) < 4.78 is 0. The van der Waals surface area contributed by atoms with Crippen LogP contribution in [-0.4, -0.2) is 16.7 Å². The summed E-state index contributed by atoms with van der Waals surface area (Å²) >= 11 is 5.93. The lowest BCUT2D eigenvalue weighted by atomic mass is 10.2. The molecule has 0 atom stereocenters. The Balaban J connectivity index is 2.16. The maximum atomic E-state index is 12.3. The fourth-order valence-electron chi connectivity index (χ4n) is 2.11. The van der Waals surface area contributed by atoms with Gasteiger partial charge in [-0.1, -0.05) is 17.7 Å². The fraction of sp³-hybridized carbons (Fsp3) is 0.0556. The standard InChI is InChI=1S/C18H14ClN5O4/c1-11(25)22-14-4-2-3-13(7-14)21-10-12(9-20)18(26)23-17-8-15(24(27)28)5-6-16(17)19/h2-8,10,21H,1H3,(H,22,25)(H,23,26)/b12-10-. The van der Waals surface area contributed by atoms with E-state index in [1.807, 2.05) is 0 Å². The Morgan fingerprint density at radius 2 is 1.89 bits per heavy atom. The van der Waals surface area contributed by atoms with Crippen LogP contribution >= 0.6 is 11.6 Å². The minimum Gasteiger partial charge on any atom is -0.360 e. The molecule has 0 aliphatic carbocycles. The Bertz CT molecular complexity index is 1010. The number of halogens is 1. The number of anilines is 3. The van der Waals surface area contributed by atoms with Gasteiger partial charge in [-0.25, -0.2) is 0 Å². The molecule has 10 heteroatoms. The van der Waals surface area contributed by atoms with Crippen LogP contribution in [0.15, 0.2) is 54.2 Å². The highest BCUT2D eigenvalue weighted by Gasteiger charge is 2.15. The highest BCUT2D eigenvalue weighted by atomic mass is 35.5. The molecule has 2 rings (SSSR count). The van der Waals surface area contributed by atoms with E-state index in [0.29, 0.717) is 11.4 Å². The number of benzene rings is 2. The molecule has 0 saturated carbocycles. The molecule has 0 aliphatic heterocycles. The van der Waals surface area contributed by atoms with Crippen molar-refractivity contribution in [3.05, 3.63) is 69.4 Å². The van der Waals surface area contributed by atoms with Gasteiger partial charge in [-0.2, -0.15) is 5.26 Å². The molecule has 3 N–H and O–H groups in total. The Labute approximate surface area is 164 Å². The van der Waals surface area contributed by atoms with Crippen LogP contribution in [0.2, 0.25) is 5.02 Å². The number of carbonyl (C=O) groups is 2. The molecule has 142 valence electrons. The van der Waals surface area contributed by atoms with Crippen LogP contribution in [0.25, 0.3) is 0 Å². The fourth-order valence-corrected chi connectivity index (χ4v) is 2.27. The molecule has 9 nitrogen and oxygen atoms in total. The van der Waals surface area contributed by atoms with Gasteiger partial charge in [0.1, 0.15) is 11.6 Å². The molecule has 0 bridgehead atoms. The van der Waals surface area contributed by atoms with Crippen molar-refractivity contribution in [1.82, 2.24) is 0 Å². The summed E-state index contributed by atoms with van der Waals surface area (Å²) in [6.45, 7) is 1.37. The van der Waals surface area contributed by atoms with Crippen LogP contribution in [0.1, 0.15) is 6.92 Å². The summed E-state index contributed by atoms with van der Waals surface area (Å²) in [5, 5.41) is 27.9.